The van der Waals surface area contributed by atoms with E-state index in [1.165, 1.54) is 6.92 Å². The van der Waals surface area contributed by atoms with Gasteiger partial charge in [-0.05, 0) is 25.5 Å². The number of rotatable bonds is 8. The fraction of sp³-hybridized carbons (Fsp3) is 0.500. The lowest BCUT2D eigenvalue weighted by atomic mass is 10.2. The first-order valence-electron chi connectivity index (χ1n) is 7.35. The molecule has 5 heteroatoms. The maximum atomic E-state index is 12.0. The molecule has 0 atom stereocenters. The number of nitrogens with one attached hydrogen (secondary N) is 1. The molecule has 0 heterocycles. The van der Waals surface area contributed by atoms with E-state index in [9.17, 15) is 9.59 Å². The molecule has 0 unspecified atom stereocenters. The van der Waals surface area contributed by atoms with E-state index in [1.807, 2.05) is 32.0 Å². The van der Waals surface area contributed by atoms with Crippen LogP contribution in [0.4, 0.5) is 5.69 Å². The Labute approximate surface area is 126 Å². The van der Waals surface area contributed by atoms with E-state index in [2.05, 4.69) is 5.32 Å². The van der Waals surface area contributed by atoms with Gasteiger partial charge in [-0.15, -0.1) is 0 Å². The number of hydrogen-bond donors (Lipinski definition) is 1. The highest BCUT2D eigenvalue weighted by molar-refractivity contribution is 5.92. The lowest BCUT2D eigenvalue weighted by Crippen LogP contribution is -2.32. The summed E-state index contributed by atoms with van der Waals surface area (Å²) < 4.78 is 5.46. The molecule has 1 aromatic carbocycles. The highest BCUT2D eigenvalue weighted by Crippen LogP contribution is 2.23. The molecule has 2 amide bonds. The third-order valence-electron chi connectivity index (χ3n) is 3.01. The standard InChI is InChI=1S/C16H24N2O3/c1-4-11-18(13(3)19)12-10-16(20)17-14-8-6-7-9-15(14)21-5-2/h6-9H,4-5,10-12H2,1-3H3,(H,17,20). The van der Waals surface area contributed by atoms with Crippen LogP contribution in [0, 0.1) is 0 Å². The SMILES string of the molecule is CCCN(CCC(=O)Nc1ccccc1OCC)C(C)=O. The number of ether oxygens (including phenoxy) is 1. The topological polar surface area (TPSA) is 58.6 Å². The zero-order valence-corrected chi connectivity index (χ0v) is 13.0. The van der Waals surface area contributed by atoms with Crippen LogP contribution in [-0.2, 0) is 9.59 Å². The highest BCUT2D eigenvalue weighted by atomic mass is 16.5. The van der Waals surface area contributed by atoms with Crippen molar-refractivity contribution >= 4 is 17.5 Å². The van der Waals surface area contributed by atoms with Gasteiger partial charge in [0.1, 0.15) is 5.75 Å². The van der Waals surface area contributed by atoms with Crippen LogP contribution in [0.3, 0.4) is 0 Å². The van der Waals surface area contributed by atoms with Gasteiger partial charge in [0.05, 0.1) is 12.3 Å². The number of para-hydroxylation sites is 2. The zero-order valence-electron chi connectivity index (χ0n) is 13.0. The summed E-state index contributed by atoms with van der Waals surface area (Å²) in [5, 5.41) is 2.83. The van der Waals surface area contributed by atoms with Crippen LogP contribution in [0.25, 0.3) is 0 Å². The lowest BCUT2D eigenvalue weighted by molar-refractivity contribution is -0.129. The summed E-state index contributed by atoms with van der Waals surface area (Å²) in [7, 11) is 0. The Balaban J connectivity index is 2.55. The Morgan fingerprint density at radius 3 is 2.52 bits per heavy atom. The van der Waals surface area contributed by atoms with E-state index in [1.54, 1.807) is 11.0 Å². The van der Waals surface area contributed by atoms with Crippen molar-refractivity contribution in [3.8, 4) is 5.75 Å². The molecule has 21 heavy (non-hydrogen) atoms. The van der Waals surface area contributed by atoms with Crippen molar-refractivity contribution in [2.75, 3.05) is 25.0 Å². The van der Waals surface area contributed by atoms with Gasteiger partial charge in [0.2, 0.25) is 11.8 Å². The molecule has 0 saturated carbocycles. The van der Waals surface area contributed by atoms with E-state index in [-0.39, 0.29) is 18.2 Å². The molecule has 0 aliphatic carbocycles. The summed E-state index contributed by atoms with van der Waals surface area (Å²) in [6.45, 7) is 7.09. The number of anilines is 1. The Kier molecular flexibility index (Phi) is 7.29. The van der Waals surface area contributed by atoms with E-state index in [0.717, 1.165) is 6.42 Å². The number of benzene rings is 1. The average molecular weight is 292 g/mol. The van der Waals surface area contributed by atoms with Crippen LogP contribution >= 0.6 is 0 Å². The molecular formula is C16H24N2O3. The molecule has 0 spiro atoms. The van der Waals surface area contributed by atoms with Crippen molar-refractivity contribution < 1.29 is 14.3 Å². The second kappa shape index (κ2) is 9.00. The summed E-state index contributed by atoms with van der Waals surface area (Å²) >= 11 is 0. The average Bonchev–Trinajstić information content (AvgIpc) is 2.45. The van der Waals surface area contributed by atoms with Gasteiger partial charge in [-0.1, -0.05) is 19.1 Å². The smallest absolute Gasteiger partial charge is 0.226 e. The van der Waals surface area contributed by atoms with Crippen LogP contribution < -0.4 is 10.1 Å². The maximum Gasteiger partial charge on any atom is 0.226 e. The summed E-state index contributed by atoms with van der Waals surface area (Å²) in [6.07, 6.45) is 1.16. The summed E-state index contributed by atoms with van der Waals surface area (Å²) in [5.41, 5.74) is 0.661. The second-order valence-corrected chi connectivity index (χ2v) is 4.73. The molecule has 0 radical (unpaired) electrons. The number of hydrogen-bond acceptors (Lipinski definition) is 3. The lowest BCUT2D eigenvalue weighted by Gasteiger charge is -2.20. The van der Waals surface area contributed by atoms with Gasteiger partial charge < -0.3 is 15.0 Å². The Morgan fingerprint density at radius 1 is 1.19 bits per heavy atom. The summed E-state index contributed by atoms with van der Waals surface area (Å²) in [5.74, 6) is 0.536. The number of amides is 2. The fourth-order valence-corrected chi connectivity index (χ4v) is 2.00. The van der Waals surface area contributed by atoms with Crippen LogP contribution in [-0.4, -0.2) is 36.4 Å². The molecule has 0 aliphatic rings. The van der Waals surface area contributed by atoms with Crippen LogP contribution in [0.5, 0.6) is 5.75 Å². The monoisotopic (exact) mass is 292 g/mol. The molecule has 5 nitrogen and oxygen atoms in total. The van der Waals surface area contributed by atoms with Gasteiger partial charge in [0.25, 0.3) is 0 Å². The van der Waals surface area contributed by atoms with E-state index >= 15 is 0 Å². The minimum absolute atomic E-state index is 0.000587. The Bertz CT molecular complexity index is 474. The van der Waals surface area contributed by atoms with Gasteiger partial charge in [0, 0.05) is 26.4 Å². The van der Waals surface area contributed by atoms with Crippen molar-refractivity contribution in [3.63, 3.8) is 0 Å². The molecule has 0 bridgehead atoms. The first-order chi connectivity index (χ1) is 10.1. The quantitative estimate of drug-likeness (QED) is 0.801. The van der Waals surface area contributed by atoms with Gasteiger partial charge in [0.15, 0.2) is 0 Å². The number of nitrogens with zero attached hydrogens (tertiary/aromatic N) is 1. The van der Waals surface area contributed by atoms with Crippen LogP contribution in [0.2, 0.25) is 0 Å². The largest absolute Gasteiger partial charge is 0.492 e. The minimum atomic E-state index is -0.121. The predicted octanol–water partition coefficient (Wildman–Crippen LogP) is 2.67. The van der Waals surface area contributed by atoms with Crippen LogP contribution in [0.1, 0.15) is 33.6 Å². The Morgan fingerprint density at radius 2 is 1.90 bits per heavy atom. The first kappa shape index (κ1) is 17.0. The Hall–Kier alpha value is -2.04. The van der Waals surface area contributed by atoms with Gasteiger partial charge in [-0.3, -0.25) is 9.59 Å². The normalized spacial score (nSPS) is 10.0. The highest BCUT2D eigenvalue weighted by Gasteiger charge is 2.11. The van der Waals surface area contributed by atoms with Gasteiger partial charge in [-0.25, -0.2) is 0 Å². The molecule has 0 aliphatic heterocycles. The second-order valence-electron chi connectivity index (χ2n) is 4.73. The van der Waals surface area contributed by atoms with E-state index in [4.69, 9.17) is 4.74 Å². The maximum absolute atomic E-state index is 12.0. The molecule has 0 fully saturated rings. The van der Waals surface area contributed by atoms with E-state index in [0.29, 0.717) is 31.1 Å². The molecular weight excluding hydrogens is 268 g/mol. The predicted molar refractivity (Wildman–Crippen MR) is 83.4 cm³/mol. The van der Waals surface area contributed by atoms with Crippen molar-refractivity contribution in [2.24, 2.45) is 0 Å². The molecule has 116 valence electrons. The van der Waals surface area contributed by atoms with Crippen molar-refractivity contribution in [3.05, 3.63) is 24.3 Å². The van der Waals surface area contributed by atoms with Crippen molar-refractivity contribution in [1.29, 1.82) is 0 Å². The summed E-state index contributed by atoms with van der Waals surface area (Å²) in [4.78, 5) is 25.1. The zero-order chi connectivity index (χ0) is 15.7. The molecule has 1 aromatic rings. The minimum Gasteiger partial charge on any atom is -0.492 e. The van der Waals surface area contributed by atoms with Crippen molar-refractivity contribution in [1.82, 2.24) is 4.90 Å². The third-order valence-corrected chi connectivity index (χ3v) is 3.01. The van der Waals surface area contributed by atoms with Gasteiger partial charge in [-0.2, -0.15) is 0 Å². The van der Waals surface area contributed by atoms with Crippen molar-refractivity contribution in [2.45, 2.75) is 33.6 Å². The summed E-state index contributed by atoms with van der Waals surface area (Å²) in [6, 6.07) is 7.33. The molecule has 1 rings (SSSR count). The third kappa shape index (κ3) is 5.85. The molecule has 0 saturated heterocycles. The van der Waals surface area contributed by atoms with Gasteiger partial charge >= 0.3 is 0 Å². The number of carbonyl (C=O) groups is 2. The molecule has 1 N–H and O–H groups in total. The van der Waals surface area contributed by atoms with E-state index < -0.39 is 0 Å². The number of carbonyl (C=O) groups excluding carboxylic acids is 2. The molecule has 0 aromatic heterocycles. The fourth-order valence-electron chi connectivity index (χ4n) is 2.00. The van der Waals surface area contributed by atoms with Crippen LogP contribution in [0.15, 0.2) is 24.3 Å². The first-order valence-corrected chi connectivity index (χ1v) is 7.35.